The van der Waals surface area contributed by atoms with Gasteiger partial charge in [-0.25, -0.2) is 0 Å². The lowest BCUT2D eigenvalue weighted by Crippen LogP contribution is -2.41. The number of hydrogen-bond donors (Lipinski definition) is 1. The summed E-state index contributed by atoms with van der Waals surface area (Å²) in [4.78, 5) is 14.3. The normalized spacial score (nSPS) is 21.6. The summed E-state index contributed by atoms with van der Waals surface area (Å²) in [6, 6.07) is 8.51. The summed E-state index contributed by atoms with van der Waals surface area (Å²) >= 11 is 0. The number of para-hydroxylation sites is 1. The van der Waals surface area contributed by atoms with Crippen LogP contribution in [0.25, 0.3) is 0 Å². The molecule has 1 atom stereocenters. The lowest BCUT2D eigenvalue weighted by Gasteiger charge is -2.23. The third-order valence-electron chi connectivity index (χ3n) is 4.14. The zero-order valence-corrected chi connectivity index (χ0v) is 11.8. The summed E-state index contributed by atoms with van der Waals surface area (Å²) in [5.41, 5.74) is 2.73. The van der Waals surface area contributed by atoms with E-state index < -0.39 is 0 Å². The van der Waals surface area contributed by atoms with Crippen LogP contribution in [0.4, 0.5) is 5.69 Å². The summed E-state index contributed by atoms with van der Waals surface area (Å²) < 4.78 is 5.49. The first-order valence-corrected chi connectivity index (χ1v) is 7.57. The number of anilines is 1. The second-order valence-electron chi connectivity index (χ2n) is 5.51. The lowest BCUT2D eigenvalue weighted by molar-refractivity contribution is -0.135. The molecule has 1 aromatic rings. The minimum absolute atomic E-state index is 0.0529. The Morgan fingerprint density at radius 1 is 1.35 bits per heavy atom. The van der Waals surface area contributed by atoms with E-state index in [1.54, 1.807) is 0 Å². The highest BCUT2D eigenvalue weighted by Crippen LogP contribution is 2.26. The molecule has 1 fully saturated rings. The number of carbonyl (C=O) groups is 1. The maximum atomic E-state index is 12.0. The molecule has 1 aromatic carbocycles. The van der Waals surface area contributed by atoms with Crippen molar-refractivity contribution in [3.63, 3.8) is 0 Å². The SMILES string of the molecule is O=C(NCCN1CCc2ccccc21)[C@@H]1CCCCO1. The van der Waals surface area contributed by atoms with Crippen LogP contribution >= 0.6 is 0 Å². The van der Waals surface area contributed by atoms with Gasteiger partial charge in [-0.15, -0.1) is 0 Å². The fourth-order valence-electron chi connectivity index (χ4n) is 3.01. The molecule has 1 saturated heterocycles. The monoisotopic (exact) mass is 274 g/mol. The van der Waals surface area contributed by atoms with Gasteiger partial charge in [0.25, 0.3) is 0 Å². The molecule has 0 saturated carbocycles. The Labute approximate surface area is 120 Å². The van der Waals surface area contributed by atoms with Crippen molar-refractivity contribution < 1.29 is 9.53 Å². The molecular weight excluding hydrogens is 252 g/mol. The van der Waals surface area contributed by atoms with Gasteiger partial charge < -0.3 is 15.0 Å². The van der Waals surface area contributed by atoms with Crippen molar-refractivity contribution in [1.82, 2.24) is 5.32 Å². The van der Waals surface area contributed by atoms with Gasteiger partial charge in [0.1, 0.15) is 6.10 Å². The molecule has 4 nitrogen and oxygen atoms in total. The third-order valence-corrected chi connectivity index (χ3v) is 4.14. The van der Waals surface area contributed by atoms with Crippen LogP contribution in [0, 0.1) is 0 Å². The molecule has 0 spiro atoms. The number of benzene rings is 1. The Morgan fingerprint density at radius 3 is 3.10 bits per heavy atom. The molecule has 0 aliphatic carbocycles. The number of ether oxygens (including phenoxy) is 1. The summed E-state index contributed by atoms with van der Waals surface area (Å²) in [6.45, 7) is 3.33. The van der Waals surface area contributed by atoms with Crippen LogP contribution in [0.1, 0.15) is 24.8 Å². The molecular formula is C16H22N2O2. The van der Waals surface area contributed by atoms with Gasteiger partial charge in [0.2, 0.25) is 5.91 Å². The van der Waals surface area contributed by atoms with Crippen molar-refractivity contribution in [3.8, 4) is 0 Å². The van der Waals surface area contributed by atoms with Crippen molar-refractivity contribution in [1.29, 1.82) is 0 Å². The van der Waals surface area contributed by atoms with Crippen molar-refractivity contribution in [3.05, 3.63) is 29.8 Å². The first-order valence-electron chi connectivity index (χ1n) is 7.57. The largest absolute Gasteiger partial charge is 0.369 e. The van der Waals surface area contributed by atoms with Crippen molar-refractivity contribution in [2.45, 2.75) is 31.8 Å². The fraction of sp³-hybridized carbons (Fsp3) is 0.562. The van der Waals surface area contributed by atoms with E-state index in [9.17, 15) is 4.79 Å². The highest BCUT2D eigenvalue weighted by Gasteiger charge is 2.22. The molecule has 108 valence electrons. The van der Waals surface area contributed by atoms with E-state index in [0.29, 0.717) is 6.54 Å². The van der Waals surface area contributed by atoms with E-state index in [2.05, 4.69) is 34.5 Å². The molecule has 20 heavy (non-hydrogen) atoms. The van der Waals surface area contributed by atoms with Crippen LogP contribution in [0.3, 0.4) is 0 Å². The number of fused-ring (bicyclic) bond motifs is 1. The Bertz CT molecular complexity index is 469. The van der Waals surface area contributed by atoms with E-state index in [0.717, 1.165) is 45.4 Å². The number of nitrogens with zero attached hydrogens (tertiary/aromatic N) is 1. The van der Waals surface area contributed by atoms with Crippen LogP contribution in [0.2, 0.25) is 0 Å². The molecule has 1 amide bonds. The Balaban J connectivity index is 1.45. The molecule has 0 bridgehead atoms. The standard InChI is InChI=1S/C16H22N2O2/c19-16(15-7-3-4-12-20-15)17-9-11-18-10-8-13-5-1-2-6-14(13)18/h1-2,5-6,15H,3-4,7-12H2,(H,17,19)/t15-/m0/s1. The molecule has 0 unspecified atom stereocenters. The smallest absolute Gasteiger partial charge is 0.249 e. The van der Waals surface area contributed by atoms with E-state index in [1.807, 2.05) is 0 Å². The van der Waals surface area contributed by atoms with Crippen LogP contribution in [-0.4, -0.2) is 38.3 Å². The van der Waals surface area contributed by atoms with Crippen LogP contribution in [0.15, 0.2) is 24.3 Å². The molecule has 0 aromatic heterocycles. The summed E-state index contributed by atoms with van der Waals surface area (Å²) in [5.74, 6) is 0.0529. The van der Waals surface area contributed by atoms with Gasteiger partial charge in [0, 0.05) is 31.9 Å². The number of rotatable bonds is 4. The topological polar surface area (TPSA) is 41.6 Å². The first-order chi connectivity index (χ1) is 9.84. The molecule has 3 rings (SSSR count). The molecule has 2 heterocycles. The Kier molecular flexibility index (Phi) is 4.21. The van der Waals surface area contributed by atoms with Crippen LogP contribution in [-0.2, 0) is 16.0 Å². The summed E-state index contributed by atoms with van der Waals surface area (Å²) in [7, 11) is 0. The van der Waals surface area contributed by atoms with Crippen molar-refractivity contribution in [2.24, 2.45) is 0 Å². The fourth-order valence-corrected chi connectivity index (χ4v) is 3.01. The van der Waals surface area contributed by atoms with Crippen molar-refractivity contribution in [2.75, 3.05) is 31.1 Å². The van der Waals surface area contributed by atoms with Crippen LogP contribution in [0.5, 0.6) is 0 Å². The number of nitrogens with one attached hydrogen (secondary N) is 1. The molecule has 1 N–H and O–H groups in total. The van der Waals surface area contributed by atoms with Gasteiger partial charge in [0.05, 0.1) is 0 Å². The second kappa shape index (κ2) is 6.27. The minimum Gasteiger partial charge on any atom is -0.369 e. The predicted octanol–water partition coefficient (Wildman–Crippen LogP) is 1.73. The van der Waals surface area contributed by atoms with Gasteiger partial charge >= 0.3 is 0 Å². The van der Waals surface area contributed by atoms with Gasteiger partial charge in [-0.2, -0.15) is 0 Å². The van der Waals surface area contributed by atoms with Crippen LogP contribution < -0.4 is 10.2 Å². The maximum absolute atomic E-state index is 12.0. The average molecular weight is 274 g/mol. The van der Waals surface area contributed by atoms with E-state index >= 15 is 0 Å². The summed E-state index contributed by atoms with van der Waals surface area (Å²) in [6.07, 6.45) is 3.91. The highest BCUT2D eigenvalue weighted by atomic mass is 16.5. The van der Waals surface area contributed by atoms with E-state index in [4.69, 9.17) is 4.74 Å². The first kappa shape index (κ1) is 13.4. The quantitative estimate of drug-likeness (QED) is 0.909. The molecule has 2 aliphatic heterocycles. The molecule has 4 heteroatoms. The highest BCUT2D eigenvalue weighted by molar-refractivity contribution is 5.80. The van der Waals surface area contributed by atoms with Gasteiger partial charge in [0.15, 0.2) is 0 Å². The molecule has 2 aliphatic rings. The Morgan fingerprint density at radius 2 is 2.25 bits per heavy atom. The number of amides is 1. The number of carbonyl (C=O) groups excluding carboxylic acids is 1. The second-order valence-corrected chi connectivity index (χ2v) is 5.51. The van der Waals surface area contributed by atoms with Gasteiger partial charge in [-0.3, -0.25) is 4.79 Å². The van der Waals surface area contributed by atoms with Crippen molar-refractivity contribution >= 4 is 11.6 Å². The zero-order chi connectivity index (χ0) is 13.8. The van der Waals surface area contributed by atoms with E-state index in [-0.39, 0.29) is 12.0 Å². The third kappa shape index (κ3) is 2.96. The van der Waals surface area contributed by atoms with Gasteiger partial charge in [-0.05, 0) is 37.3 Å². The number of hydrogen-bond acceptors (Lipinski definition) is 3. The Hall–Kier alpha value is -1.55. The average Bonchev–Trinajstić information content (AvgIpc) is 2.92. The lowest BCUT2D eigenvalue weighted by atomic mass is 10.1. The minimum atomic E-state index is -0.227. The zero-order valence-electron chi connectivity index (χ0n) is 11.8. The summed E-state index contributed by atoms with van der Waals surface area (Å²) in [5, 5.41) is 3.00. The molecule has 0 radical (unpaired) electrons. The maximum Gasteiger partial charge on any atom is 0.249 e. The predicted molar refractivity (Wildman–Crippen MR) is 79.0 cm³/mol. The van der Waals surface area contributed by atoms with Gasteiger partial charge in [-0.1, -0.05) is 18.2 Å². The van der Waals surface area contributed by atoms with E-state index in [1.165, 1.54) is 11.3 Å².